The number of phenolic OH excluding ortho intramolecular Hbond substituents is 1. The minimum absolute atomic E-state index is 0.0503. The van der Waals surface area contributed by atoms with Crippen molar-refractivity contribution in [2.45, 2.75) is 38.6 Å². The van der Waals surface area contributed by atoms with E-state index in [0.29, 0.717) is 26.2 Å². The maximum Gasteiger partial charge on any atom is 0.234 e. The van der Waals surface area contributed by atoms with Crippen LogP contribution in [0.5, 0.6) is 5.75 Å². The predicted octanol–water partition coefficient (Wildman–Crippen LogP) is 2.84. The summed E-state index contributed by atoms with van der Waals surface area (Å²) >= 11 is 0. The van der Waals surface area contributed by atoms with Gasteiger partial charge in [0.05, 0.1) is 19.3 Å². The molecule has 2 aromatic carbocycles. The number of ether oxygens (including phenoxy) is 2. The van der Waals surface area contributed by atoms with Crippen molar-refractivity contribution in [3.05, 3.63) is 65.2 Å². The summed E-state index contributed by atoms with van der Waals surface area (Å²) in [5.41, 5.74) is 2.93. The van der Waals surface area contributed by atoms with E-state index < -0.39 is 0 Å². The van der Waals surface area contributed by atoms with Crippen LogP contribution in [0.4, 0.5) is 0 Å². The summed E-state index contributed by atoms with van der Waals surface area (Å²) in [6.07, 6.45) is 2.19. The number of aromatic hydroxyl groups is 1. The molecule has 156 valence electrons. The van der Waals surface area contributed by atoms with Gasteiger partial charge in [0.2, 0.25) is 5.91 Å². The van der Waals surface area contributed by atoms with E-state index in [9.17, 15) is 9.90 Å². The molecule has 3 rings (SSSR count). The molecule has 29 heavy (non-hydrogen) atoms. The van der Waals surface area contributed by atoms with Crippen molar-refractivity contribution in [1.29, 1.82) is 0 Å². The summed E-state index contributed by atoms with van der Waals surface area (Å²) < 4.78 is 11.0. The molecule has 0 bridgehead atoms. The number of nitrogens with zero attached hydrogens (tertiary/aromatic N) is 1. The van der Waals surface area contributed by atoms with Gasteiger partial charge in [0.15, 0.2) is 0 Å². The van der Waals surface area contributed by atoms with Crippen molar-refractivity contribution in [2.75, 3.05) is 26.8 Å². The second-order valence-corrected chi connectivity index (χ2v) is 7.41. The van der Waals surface area contributed by atoms with E-state index in [1.165, 1.54) is 0 Å². The molecular weight excluding hydrogens is 368 g/mol. The van der Waals surface area contributed by atoms with E-state index in [4.69, 9.17) is 9.47 Å². The highest BCUT2D eigenvalue weighted by molar-refractivity contribution is 5.78. The molecule has 2 N–H and O–H groups in total. The van der Waals surface area contributed by atoms with Crippen molar-refractivity contribution < 1.29 is 19.4 Å². The molecule has 0 spiro atoms. The Balaban J connectivity index is 1.60. The second-order valence-electron chi connectivity index (χ2n) is 7.41. The third-order valence-electron chi connectivity index (χ3n) is 5.13. The molecule has 1 fully saturated rings. The van der Waals surface area contributed by atoms with Gasteiger partial charge in [-0.2, -0.15) is 0 Å². The lowest BCUT2D eigenvalue weighted by Gasteiger charge is -2.25. The van der Waals surface area contributed by atoms with E-state index in [-0.39, 0.29) is 24.3 Å². The van der Waals surface area contributed by atoms with Crippen molar-refractivity contribution in [3.63, 3.8) is 0 Å². The zero-order valence-electron chi connectivity index (χ0n) is 17.0. The van der Waals surface area contributed by atoms with Crippen LogP contribution in [0.25, 0.3) is 0 Å². The topological polar surface area (TPSA) is 71.0 Å². The van der Waals surface area contributed by atoms with Gasteiger partial charge in [0.1, 0.15) is 5.75 Å². The highest BCUT2D eigenvalue weighted by Crippen LogP contribution is 2.20. The van der Waals surface area contributed by atoms with Crippen LogP contribution in [0.1, 0.15) is 29.5 Å². The van der Waals surface area contributed by atoms with Crippen LogP contribution in [0.15, 0.2) is 48.5 Å². The summed E-state index contributed by atoms with van der Waals surface area (Å²) in [7, 11) is 1.66. The average Bonchev–Trinajstić information content (AvgIpc) is 3.22. The lowest BCUT2D eigenvalue weighted by atomic mass is 10.1. The Labute approximate surface area is 172 Å². The first-order chi connectivity index (χ1) is 14.2. The molecule has 0 saturated carbocycles. The second kappa shape index (κ2) is 11.0. The standard InChI is InChI=1S/C23H30N2O4/c1-28-17-20-9-3-2-7-18(20)13-24-23(27)16-25(15-21-10-6-12-29-21)14-19-8-4-5-11-22(19)26/h2-5,7-9,11,21,26H,6,10,12-17H2,1H3,(H,24,27). The Morgan fingerprint density at radius 3 is 2.59 bits per heavy atom. The van der Waals surface area contributed by atoms with Gasteiger partial charge in [-0.05, 0) is 30.0 Å². The number of phenols is 1. The molecule has 6 nitrogen and oxygen atoms in total. The number of nitrogens with one attached hydrogen (secondary N) is 1. The van der Waals surface area contributed by atoms with Gasteiger partial charge in [0, 0.05) is 38.9 Å². The van der Waals surface area contributed by atoms with Gasteiger partial charge in [-0.15, -0.1) is 0 Å². The molecule has 2 aromatic rings. The van der Waals surface area contributed by atoms with Crippen LogP contribution in [-0.4, -0.2) is 48.8 Å². The van der Waals surface area contributed by atoms with Gasteiger partial charge in [0.25, 0.3) is 0 Å². The number of carbonyl (C=O) groups is 1. The highest BCUT2D eigenvalue weighted by Gasteiger charge is 2.21. The molecule has 1 saturated heterocycles. The Kier molecular flexibility index (Phi) is 8.04. The Bertz CT molecular complexity index is 790. The molecule has 0 radical (unpaired) electrons. The van der Waals surface area contributed by atoms with Crippen LogP contribution in [0, 0.1) is 0 Å². The zero-order chi connectivity index (χ0) is 20.5. The first-order valence-corrected chi connectivity index (χ1v) is 10.1. The first-order valence-electron chi connectivity index (χ1n) is 10.1. The number of methoxy groups -OCH3 is 1. The fourth-order valence-corrected chi connectivity index (χ4v) is 3.63. The van der Waals surface area contributed by atoms with Crippen LogP contribution < -0.4 is 5.32 Å². The molecule has 1 heterocycles. The van der Waals surface area contributed by atoms with Gasteiger partial charge in [-0.3, -0.25) is 9.69 Å². The van der Waals surface area contributed by atoms with Crippen molar-refractivity contribution in [1.82, 2.24) is 10.2 Å². The van der Waals surface area contributed by atoms with Crippen molar-refractivity contribution in [3.8, 4) is 5.75 Å². The number of benzene rings is 2. The Morgan fingerprint density at radius 2 is 1.90 bits per heavy atom. The fraction of sp³-hybridized carbons (Fsp3) is 0.435. The molecule has 1 amide bonds. The van der Waals surface area contributed by atoms with E-state index in [0.717, 1.165) is 36.1 Å². The number of rotatable bonds is 10. The molecule has 0 aliphatic carbocycles. The molecular formula is C23H30N2O4. The zero-order valence-corrected chi connectivity index (χ0v) is 17.0. The highest BCUT2D eigenvalue weighted by atomic mass is 16.5. The van der Waals surface area contributed by atoms with Gasteiger partial charge in [-0.1, -0.05) is 42.5 Å². The normalized spacial score (nSPS) is 16.3. The number of hydrogen-bond acceptors (Lipinski definition) is 5. The van der Waals surface area contributed by atoms with E-state index in [2.05, 4.69) is 5.32 Å². The molecule has 1 aliphatic heterocycles. The van der Waals surface area contributed by atoms with Gasteiger partial charge < -0.3 is 19.9 Å². The Hall–Kier alpha value is -2.41. The summed E-state index contributed by atoms with van der Waals surface area (Å²) in [4.78, 5) is 14.7. The van der Waals surface area contributed by atoms with Crippen molar-refractivity contribution >= 4 is 5.91 Å². The summed E-state index contributed by atoms with van der Waals surface area (Å²) in [5, 5.41) is 13.1. The van der Waals surface area contributed by atoms with Gasteiger partial charge >= 0.3 is 0 Å². The molecule has 1 atom stereocenters. The van der Waals surface area contributed by atoms with E-state index in [1.807, 2.05) is 41.3 Å². The maximum atomic E-state index is 12.7. The molecule has 6 heteroatoms. The largest absolute Gasteiger partial charge is 0.508 e. The Morgan fingerprint density at radius 1 is 1.17 bits per heavy atom. The van der Waals surface area contributed by atoms with Crippen LogP contribution >= 0.6 is 0 Å². The monoisotopic (exact) mass is 398 g/mol. The minimum Gasteiger partial charge on any atom is -0.508 e. The van der Waals surface area contributed by atoms with Crippen LogP contribution in [0.2, 0.25) is 0 Å². The maximum absolute atomic E-state index is 12.7. The number of para-hydroxylation sites is 1. The lowest BCUT2D eigenvalue weighted by Crippen LogP contribution is -2.40. The lowest BCUT2D eigenvalue weighted by molar-refractivity contribution is -0.122. The predicted molar refractivity (Wildman–Crippen MR) is 111 cm³/mol. The smallest absolute Gasteiger partial charge is 0.234 e. The van der Waals surface area contributed by atoms with Crippen molar-refractivity contribution in [2.24, 2.45) is 0 Å². The van der Waals surface area contributed by atoms with Gasteiger partial charge in [-0.25, -0.2) is 0 Å². The fourth-order valence-electron chi connectivity index (χ4n) is 3.63. The number of hydrogen-bond donors (Lipinski definition) is 2. The van der Waals surface area contributed by atoms with Crippen LogP contribution in [0.3, 0.4) is 0 Å². The number of amides is 1. The summed E-state index contributed by atoms with van der Waals surface area (Å²) in [5.74, 6) is 0.198. The third-order valence-corrected chi connectivity index (χ3v) is 5.13. The quantitative estimate of drug-likeness (QED) is 0.644. The minimum atomic E-state index is -0.0503. The number of carbonyl (C=O) groups excluding carboxylic acids is 1. The molecule has 0 aromatic heterocycles. The third kappa shape index (κ3) is 6.56. The molecule has 1 aliphatic rings. The summed E-state index contributed by atoms with van der Waals surface area (Å²) in [6, 6.07) is 15.2. The first kappa shape index (κ1) is 21.3. The van der Waals surface area contributed by atoms with E-state index in [1.54, 1.807) is 19.2 Å². The van der Waals surface area contributed by atoms with E-state index >= 15 is 0 Å². The summed E-state index contributed by atoms with van der Waals surface area (Å²) in [6.45, 7) is 3.17. The van der Waals surface area contributed by atoms with Crippen LogP contribution in [-0.2, 0) is 34.0 Å². The molecule has 1 unspecified atom stereocenters. The average molecular weight is 399 g/mol. The SMILES string of the molecule is COCc1ccccc1CNC(=O)CN(Cc1ccccc1O)CC1CCCO1.